The molecule has 0 saturated carbocycles. The summed E-state index contributed by atoms with van der Waals surface area (Å²) in [6, 6.07) is 7.23. The van der Waals surface area contributed by atoms with Crippen molar-refractivity contribution in [3.05, 3.63) is 63.7 Å². The van der Waals surface area contributed by atoms with Crippen molar-refractivity contribution in [1.29, 1.82) is 0 Å². The molecule has 202 valence electrons. The van der Waals surface area contributed by atoms with E-state index in [2.05, 4.69) is 10.1 Å². The first-order valence-corrected chi connectivity index (χ1v) is 11.0. The van der Waals surface area contributed by atoms with Crippen LogP contribution >= 0.6 is 0 Å². The largest absolute Gasteiger partial charge is 0.573 e. The Morgan fingerprint density at radius 3 is 2.39 bits per heavy atom. The summed E-state index contributed by atoms with van der Waals surface area (Å²) in [7, 11) is 2.74. The highest BCUT2D eigenvalue weighted by Gasteiger charge is 2.35. The summed E-state index contributed by atoms with van der Waals surface area (Å²) < 4.78 is 68.2. The summed E-state index contributed by atoms with van der Waals surface area (Å²) in [6.45, 7) is 1.35. The Morgan fingerprint density at radius 1 is 1.11 bits per heavy atom. The van der Waals surface area contributed by atoms with Crippen molar-refractivity contribution in [3.63, 3.8) is 0 Å². The van der Waals surface area contributed by atoms with Gasteiger partial charge in [0.05, 0.1) is 19.8 Å². The number of nitrogens with one attached hydrogen (secondary N) is 1. The summed E-state index contributed by atoms with van der Waals surface area (Å²) in [6.07, 6.45) is -5.28. The van der Waals surface area contributed by atoms with Gasteiger partial charge in [0.2, 0.25) is 24.2 Å². The van der Waals surface area contributed by atoms with Gasteiger partial charge >= 0.3 is 12.0 Å². The maximum atomic E-state index is 13.1. The van der Waals surface area contributed by atoms with Gasteiger partial charge in [0.25, 0.3) is 0 Å². The molecular weight excluding hydrogens is 515 g/mol. The molecule has 0 aliphatic carbocycles. The highest BCUT2D eigenvalue weighted by atomic mass is 19.4. The van der Waals surface area contributed by atoms with Gasteiger partial charge in [0.1, 0.15) is 17.3 Å². The lowest BCUT2D eigenvalue weighted by Gasteiger charge is -2.22. The van der Waals surface area contributed by atoms with Gasteiger partial charge in [-0.1, -0.05) is 0 Å². The molecule has 1 amide bonds. The summed E-state index contributed by atoms with van der Waals surface area (Å²) in [5, 5.41) is 13.2. The molecular formula is C25H22F3NO9. The van der Waals surface area contributed by atoms with Gasteiger partial charge in [-0.2, -0.15) is 0 Å². The van der Waals surface area contributed by atoms with E-state index in [9.17, 15) is 27.9 Å². The highest BCUT2D eigenvalue weighted by Crippen LogP contribution is 2.52. The number of hydrogen-bond donors (Lipinski definition) is 2. The number of carbonyl (C=O) groups is 1. The predicted octanol–water partition coefficient (Wildman–Crippen LogP) is 4.46. The Morgan fingerprint density at radius 2 is 1.79 bits per heavy atom. The van der Waals surface area contributed by atoms with Crippen LogP contribution < -0.4 is 34.6 Å². The molecule has 0 radical (unpaired) electrons. The van der Waals surface area contributed by atoms with Gasteiger partial charge in [-0.15, -0.1) is 13.2 Å². The minimum atomic E-state index is -4.86. The molecule has 1 aliphatic heterocycles. The van der Waals surface area contributed by atoms with E-state index >= 15 is 0 Å². The number of fused-ring (bicyclic) bond motifs is 1. The Hall–Kier alpha value is -4.55. The number of aromatic hydroxyl groups is 1. The first-order valence-electron chi connectivity index (χ1n) is 11.0. The normalized spacial score (nSPS) is 13.1. The lowest BCUT2D eigenvalue weighted by atomic mass is 9.87. The molecule has 1 atom stereocenters. The Labute approximate surface area is 213 Å². The molecule has 2 heterocycles. The Kier molecular flexibility index (Phi) is 7.28. The van der Waals surface area contributed by atoms with E-state index in [1.165, 1.54) is 45.4 Å². The van der Waals surface area contributed by atoms with Crippen LogP contribution in [0.3, 0.4) is 0 Å². The number of alkyl halides is 3. The molecule has 0 saturated heterocycles. The molecule has 0 fully saturated rings. The lowest BCUT2D eigenvalue weighted by Crippen LogP contribution is -2.21. The van der Waals surface area contributed by atoms with E-state index in [0.29, 0.717) is 0 Å². The zero-order valence-electron chi connectivity index (χ0n) is 20.3. The molecule has 0 bridgehead atoms. The van der Waals surface area contributed by atoms with E-state index in [-0.39, 0.29) is 52.4 Å². The van der Waals surface area contributed by atoms with E-state index in [1.54, 1.807) is 0 Å². The topological polar surface area (TPSA) is 126 Å². The summed E-state index contributed by atoms with van der Waals surface area (Å²) in [5.41, 5.74) is -0.686. The van der Waals surface area contributed by atoms with Gasteiger partial charge < -0.3 is 38.5 Å². The van der Waals surface area contributed by atoms with Crippen molar-refractivity contribution in [2.45, 2.75) is 25.6 Å². The van der Waals surface area contributed by atoms with E-state index in [4.69, 9.17) is 23.4 Å². The summed E-state index contributed by atoms with van der Waals surface area (Å²) in [5.74, 6) is -1.68. The first-order chi connectivity index (χ1) is 18.0. The fraction of sp³-hybridized carbons (Fsp3) is 0.280. The molecule has 1 aliphatic rings. The zero-order valence-corrected chi connectivity index (χ0v) is 20.3. The van der Waals surface area contributed by atoms with Crippen LogP contribution in [-0.4, -0.2) is 38.4 Å². The number of aryl methyl sites for hydroxylation is 1. The fourth-order valence-electron chi connectivity index (χ4n) is 4.09. The molecule has 2 N–H and O–H groups in total. The second-order valence-corrected chi connectivity index (χ2v) is 8.09. The van der Waals surface area contributed by atoms with Crippen molar-refractivity contribution in [3.8, 4) is 34.5 Å². The minimum Gasteiger partial charge on any atom is -0.507 e. The third-order valence-electron chi connectivity index (χ3n) is 5.59. The maximum Gasteiger partial charge on any atom is 0.573 e. The molecule has 13 heteroatoms. The van der Waals surface area contributed by atoms with Gasteiger partial charge in [-0.05, 0) is 37.3 Å². The molecule has 10 nitrogen and oxygen atoms in total. The lowest BCUT2D eigenvalue weighted by molar-refractivity contribution is -0.274. The van der Waals surface area contributed by atoms with Crippen LogP contribution in [0.15, 0.2) is 45.6 Å². The van der Waals surface area contributed by atoms with Gasteiger partial charge in [-0.25, -0.2) is 4.79 Å². The molecule has 38 heavy (non-hydrogen) atoms. The SMILES string of the molecule is COc1cc([C@@H](CC(=O)Nc2ccc(OC(F)(F)F)cc2)c2c(O)cc(C)oc2=O)c(OC)c2c1OCO2. The average molecular weight is 537 g/mol. The minimum absolute atomic E-state index is 0.122. The van der Waals surface area contributed by atoms with Crippen molar-refractivity contribution in [2.75, 3.05) is 26.3 Å². The number of amides is 1. The van der Waals surface area contributed by atoms with Crippen LogP contribution in [0.1, 0.15) is 29.2 Å². The number of anilines is 1. The van der Waals surface area contributed by atoms with Gasteiger partial charge in [0, 0.05) is 29.7 Å². The number of carbonyl (C=O) groups excluding carboxylic acids is 1. The molecule has 2 aromatic carbocycles. The number of ether oxygens (including phenoxy) is 5. The number of rotatable bonds is 8. The summed E-state index contributed by atoms with van der Waals surface area (Å²) >= 11 is 0. The monoisotopic (exact) mass is 537 g/mol. The van der Waals surface area contributed by atoms with Crippen molar-refractivity contribution in [2.24, 2.45) is 0 Å². The molecule has 0 unspecified atom stereocenters. The molecule has 1 aromatic heterocycles. The maximum absolute atomic E-state index is 13.1. The van der Waals surface area contributed by atoms with Crippen molar-refractivity contribution < 1.29 is 51.2 Å². The van der Waals surface area contributed by atoms with E-state index < -0.39 is 41.7 Å². The Balaban J connectivity index is 1.73. The zero-order chi connectivity index (χ0) is 27.6. The standard InChI is InChI=1S/C25H22F3NO9/c1-12-8-17(30)20(24(32)37-12)15(16-9-18(33-2)22-23(21(16)34-3)36-11-35-22)10-19(31)29-13-4-6-14(7-5-13)38-25(26,27)28/h4-9,15,30H,10-11H2,1-3H3,(H,29,31)/t15-/m1/s1. The summed E-state index contributed by atoms with van der Waals surface area (Å²) in [4.78, 5) is 26.0. The van der Waals surface area contributed by atoms with Crippen LogP contribution in [-0.2, 0) is 4.79 Å². The molecule has 4 rings (SSSR count). The third kappa shape index (κ3) is 5.56. The van der Waals surface area contributed by atoms with Crippen molar-refractivity contribution >= 4 is 11.6 Å². The second kappa shape index (κ2) is 10.4. The van der Waals surface area contributed by atoms with Crippen molar-refractivity contribution in [1.82, 2.24) is 0 Å². The highest BCUT2D eigenvalue weighted by molar-refractivity contribution is 5.92. The van der Waals surface area contributed by atoms with Crippen LogP contribution in [0.5, 0.6) is 34.5 Å². The number of methoxy groups -OCH3 is 2. The number of hydrogen-bond acceptors (Lipinski definition) is 9. The van der Waals surface area contributed by atoms with Crippen LogP contribution in [0, 0.1) is 6.92 Å². The van der Waals surface area contributed by atoms with Crippen LogP contribution in [0.4, 0.5) is 18.9 Å². The molecule has 0 spiro atoms. The average Bonchev–Trinajstić information content (AvgIpc) is 3.32. The van der Waals surface area contributed by atoms with Crippen LogP contribution in [0.25, 0.3) is 0 Å². The molecule has 3 aromatic rings. The van der Waals surface area contributed by atoms with E-state index in [0.717, 1.165) is 12.1 Å². The number of benzene rings is 2. The van der Waals surface area contributed by atoms with Gasteiger partial charge in [0.15, 0.2) is 11.5 Å². The quantitative estimate of drug-likeness (QED) is 0.428. The van der Waals surface area contributed by atoms with E-state index in [1.807, 2.05) is 0 Å². The second-order valence-electron chi connectivity index (χ2n) is 8.09. The van der Waals surface area contributed by atoms with Crippen LogP contribution in [0.2, 0.25) is 0 Å². The smallest absolute Gasteiger partial charge is 0.507 e. The Bertz CT molecular complexity index is 1400. The fourth-order valence-corrected chi connectivity index (χ4v) is 4.09. The first kappa shape index (κ1) is 26.5. The predicted molar refractivity (Wildman–Crippen MR) is 125 cm³/mol. The third-order valence-corrected chi connectivity index (χ3v) is 5.59. The van der Waals surface area contributed by atoms with Gasteiger partial charge in [-0.3, -0.25) is 4.79 Å². The number of halogens is 3.